The second-order valence-corrected chi connectivity index (χ2v) is 6.94. The van der Waals surface area contributed by atoms with Gasteiger partial charge in [-0.2, -0.15) is 0 Å². The average Bonchev–Trinajstić information content (AvgIpc) is 3.08. The molecule has 0 saturated carbocycles. The summed E-state index contributed by atoms with van der Waals surface area (Å²) in [6.45, 7) is 7.48. The second-order valence-electron chi connectivity index (χ2n) is 6.56. The van der Waals surface area contributed by atoms with Crippen molar-refractivity contribution in [3.63, 3.8) is 0 Å². The molecule has 5 nitrogen and oxygen atoms in total. The number of hydrogen-bond acceptors (Lipinski definition) is 4. The number of carbonyl (C=O) groups is 1. The van der Waals surface area contributed by atoms with E-state index < -0.39 is 6.10 Å². The van der Waals surface area contributed by atoms with Crippen molar-refractivity contribution in [1.82, 2.24) is 5.16 Å². The van der Waals surface area contributed by atoms with Crippen LogP contribution >= 0.6 is 11.6 Å². The number of ether oxygens (including phenoxy) is 1. The SMILES string of the molecule is Cc1ccc(-c2cc(NC(=O)[C@H](C)Oc3cc(C)c(Cl)c(C)c3)on2)cc1. The molecule has 1 atom stereocenters. The van der Waals surface area contributed by atoms with Crippen molar-refractivity contribution in [3.8, 4) is 17.0 Å². The summed E-state index contributed by atoms with van der Waals surface area (Å²) in [6.07, 6.45) is -0.710. The molecule has 0 fully saturated rings. The highest BCUT2D eigenvalue weighted by Gasteiger charge is 2.18. The lowest BCUT2D eigenvalue weighted by molar-refractivity contribution is -0.122. The monoisotopic (exact) mass is 384 g/mol. The molecule has 6 heteroatoms. The van der Waals surface area contributed by atoms with E-state index in [2.05, 4.69) is 10.5 Å². The summed E-state index contributed by atoms with van der Waals surface area (Å²) in [5.74, 6) is 0.538. The number of anilines is 1. The Morgan fingerprint density at radius 3 is 2.37 bits per heavy atom. The zero-order chi connectivity index (χ0) is 19.6. The van der Waals surface area contributed by atoms with E-state index in [4.69, 9.17) is 20.9 Å². The quantitative estimate of drug-likeness (QED) is 0.646. The van der Waals surface area contributed by atoms with E-state index in [1.54, 1.807) is 13.0 Å². The van der Waals surface area contributed by atoms with Crippen molar-refractivity contribution >= 4 is 23.4 Å². The summed E-state index contributed by atoms with van der Waals surface area (Å²) in [6, 6.07) is 13.2. The Labute approximate surface area is 163 Å². The number of hydrogen-bond donors (Lipinski definition) is 1. The van der Waals surface area contributed by atoms with Crippen LogP contribution in [-0.2, 0) is 4.79 Å². The summed E-state index contributed by atoms with van der Waals surface area (Å²) in [5.41, 5.74) is 4.54. The number of amides is 1. The van der Waals surface area contributed by atoms with Gasteiger partial charge in [-0.15, -0.1) is 0 Å². The van der Waals surface area contributed by atoms with Gasteiger partial charge in [0.1, 0.15) is 11.4 Å². The highest BCUT2D eigenvalue weighted by molar-refractivity contribution is 6.32. The van der Waals surface area contributed by atoms with Crippen molar-refractivity contribution < 1.29 is 14.1 Å². The number of aryl methyl sites for hydroxylation is 3. The fourth-order valence-electron chi connectivity index (χ4n) is 2.65. The zero-order valence-electron chi connectivity index (χ0n) is 15.7. The molecule has 0 spiro atoms. The van der Waals surface area contributed by atoms with Gasteiger partial charge in [-0.25, -0.2) is 0 Å². The Morgan fingerprint density at radius 1 is 1.11 bits per heavy atom. The molecule has 0 aliphatic heterocycles. The Morgan fingerprint density at radius 2 is 1.74 bits per heavy atom. The number of nitrogens with one attached hydrogen (secondary N) is 1. The van der Waals surface area contributed by atoms with Gasteiger partial charge in [-0.1, -0.05) is 46.6 Å². The Hall–Kier alpha value is -2.79. The van der Waals surface area contributed by atoms with Crippen LogP contribution < -0.4 is 10.1 Å². The molecule has 140 valence electrons. The minimum Gasteiger partial charge on any atom is -0.481 e. The first-order valence-corrected chi connectivity index (χ1v) is 8.99. The maximum Gasteiger partial charge on any atom is 0.267 e. The van der Waals surface area contributed by atoms with Gasteiger partial charge in [0, 0.05) is 16.7 Å². The largest absolute Gasteiger partial charge is 0.481 e. The van der Waals surface area contributed by atoms with Gasteiger partial charge in [-0.3, -0.25) is 10.1 Å². The smallest absolute Gasteiger partial charge is 0.267 e. The molecule has 1 N–H and O–H groups in total. The van der Waals surface area contributed by atoms with Gasteiger partial charge in [0.05, 0.1) is 0 Å². The minimum atomic E-state index is -0.710. The zero-order valence-corrected chi connectivity index (χ0v) is 16.4. The van der Waals surface area contributed by atoms with Crippen molar-refractivity contribution in [2.45, 2.75) is 33.8 Å². The summed E-state index contributed by atoms with van der Waals surface area (Å²) in [4.78, 5) is 12.4. The van der Waals surface area contributed by atoms with Crippen molar-refractivity contribution in [3.05, 3.63) is 64.2 Å². The predicted octanol–water partition coefficient (Wildman–Crippen LogP) is 5.33. The van der Waals surface area contributed by atoms with Crippen LogP contribution in [-0.4, -0.2) is 17.2 Å². The number of carbonyl (C=O) groups excluding carboxylic acids is 1. The molecule has 3 rings (SSSR count). The van der Waals surface area contributed by atoms with Gasteiger partial charge in [-0.05, 0) is 51.0 Å². The van der Waals surface area contributed by atoms with Crippen molar-refractivity contribution in [2.24, 2.45) is 0 Å². The number of rotatable bonds is 5. The highest BCUT2D eigenvalue weighted by Crippen LogP contribution is 2.27. The highest BCUT2D eigenvalue weighted by atomic mass is 35.5. The molecule has 0 aliphatic rings. The maximum absolute atomic E-state index is 12.4. The number of aromatic nitrogens is 1. The van der Waals surface area contributed by atoms with E-state index in [1.807, 2.05) is 57.2 Å². The fourth-order valence-corrected chi connectivity index (χ4v) is 2.76. The molecule has 0 unspecified atom stereocenters. The first-order valence-electron chi connectivity index (χ1n) is 8.61. The molecular formula is C21H21ClN2O3. The van der Waals surface area contributed by atoms with Gasteiger partial charge < -0.3 is 9.26 Å². The molecule has 3 aromatic rings. The minimum absolute atomic E-state index is 0.273. The Kier molecular flexibility index (Phi) is 5.51. The van der Waals surface area contributed by atoms with E-state index in [1.165, 1.54) is 0 Å². The first kappa shape index (κ1) is 19.0. The summed E-state index contributed by atoms with van der Waals surface area (Å²) < 4.78 is 11.0. The maximum atomic E-state index is 12.4. The number of benzene rings is 2. The summed E-state index contributed by atoms with van der Waals surface area (Å²) in [7, 11) is 0. The van der Waals surface area contributed by atoms with Crippen LogP contribution in [0.2, 0.25) is 5.02 Å². The third kappa shape index (κ3) is 4.49. The number of halogens is 1. The van der Waals surface area contributed by atoms with Gasteiger partial charge in [0.25, 0.3) is 5.91 Å². The molecule has 1 heterocycles. The lowest BCUT2D eigenvalue weighted by Crippen LogP contribution is -2.30. The molecule has 0 aliphatic carbocycles. The third-order valence-electron chi connectivity index (χ3n) is 4.20. The molecule has 2 aromatic carbocycles. The standard InChI is InChI=1S/C21H21ClN2O3/c1-12-5-7-16(8-6-12)18-11-19(27-24-18)23-21(25)15(4)26-17-9-13(2)20(22)14(3)10-17/h5-11,15H,1-4H3,(H,23,25)/t15-/m0/s1. The van der Waals surface area contributed by atoms with Crippen LogP contribution in [0.4, 0.5) is 5.88 Å². The second kappa shape index (κ2) is 7.84. The molecule has 1 aromatic heterocycles. The number of nitrogens with zero attached hydrogens (tertiary/aromatic N) is 1. The summed E-state index contributed by atoms with van der Waals surface area (Å²) >= 11 is 6.16. The third-order valence-corrected chi connectivity index (χ3v) is 4.79. The lowest BCUT2D eigenvalue weighted by Gasteiger charge is -2.15. The Bertz CT molecular complexity index is 941. The summed E-state index contributed by atoms with van der Waals surface area (Å²) in [5, 5.41) is 7.38. The molecular weight excluding hydrogens is 364 g/mol. The van der Waals surface area contributed by atoms with E-state index in [9.17, 15) is 4.79 Å². The van der Waals surface area contributed by atoms with Gasteiger partial charge >= 0.3 is 0 Å². The van der Waals surface area contributed by atoms with E-state index in [0.29, 0.717) is 16.5 Å². The predicted molar refractivity (Wildman–Crippen MR) is 106 cm³/mol. The fraction of sp³-hybridized carbons (Fsp3) is 0.238. The van der Waals surface area contributed by atoms with Crippen molar-refractivity contribution in [2.75, 3.05) is 5.32 Å². The van der Waals surface area contributed by atoms with Crippen LogP contribution in [0.5, 0.6) is 5.75 Å². The van der Waals surface area contributed by atoms with Crippen molar-refractivity contribution in [1.29, 1.82) is 0 Å². The molecule has 0 radical (unpaired) electrons. The van der Waals surface area contributed by atoms with Gasteiger partial charge in [0.15, 0.2) is 6.10 Å². The first-order chi connectivity index (χ1) is 12.8. The topological polar surface area (TPSA) is 64.4 Å². The van der Waals surface area contributed by atoms with E-state index >= 15 is 0 Å². The Balaban J connectivity index is 1.66. The van der Waals surface area contributed by atoms with Gasteiger partial charge in [0.2, 0.25) is 5.88 Å². The van der Waals surface area contributed by atoms with Crippen LogP contribution in [0.15, 0.2) is 47.0 Å². The average molecular weight is 385 g/mol. The van der Waals surface area contributed by atoms with Crippen LogP contribution in [0, 0.1) is 20.8 Å². The van der Waals surface area contributed by atoms with E-state index in [0.717, 1.165) is 22.3 Å². The molecule has 1 amide bonds. The molecule has 0 saturated heterocycles. The lowest BCUT2D eigenvalue weighted by atomic mass is 10.1. The normalized spacial score (nSPS) is 11.9. The van der Waals surface area contributed by atoms with Crippen LogP contribution in [0.25, 0.3) is 11.3 Å². The molecule has 27 heavy (non-hydrogen) atoms. The van der Waals surface area contributed by atoms with Crippen LogP contribution in [0.1, 0.15) is 23.6 Å². The van der Waals surface area contributed by atoms with E-state index in [-0.39, 0.29) is 11.8 Å². The van der Waals surface area contributed by atoms with Crippen LogP contribution in [0.3, 0.4) is 0 Å². The molecule has 0 bridgehead atoms.